The number of rotatable bonds is 8. The summed E-state index contributed by atoms with van der Waals surface area (Å²) in [5.74, 6) is 1.27. The third-order valence-corrected chi connectivity index (χ3v) is 6.59. The maximum absolute atomic E-state index is 11.4. The van der Waals surface area contributed by atoms with Crippen LogP contribution in [0.1, 0.15) is 37.1 Å². The van der Waals surface area contributed by atoms with Gasteiger partial charge in [-0.05, 0) is 44.2 Å². The molecule has 1 fully saturated rings. The first-order valence-corrected chi connectivity index (χ1v) is 11.6. The Kier molecular flexibility index (Phi) is 10.2. The van der Waals surface area contributed by atoms with E-state index in [1.807, 2.05) is 36.6 Å². The molecule has 3 heterocycles. The molecule has 32 heavy (non-hydrogen) atoms. The van der Waals surface area contributed by atoms with Gasteiger partial charge in [-0.3, -0.25) is 4.79 Å². The van der Waals surface area contributed by atoms with Crippen LogP contribution in [0.25, 0.3) is 0 Å². The summed E-state index contributed by atoms with van der Waals surface area (Å²) in [4.78, 5) is 23.8. The maximum atomic E-state index is 11.4. The van der Waals surface area contributed by atoms with Crippen molar-refractivity contribution in [3.05, 3.63) is 46.3 Å². The molecule has 5 N–H and O–H groups in total. The predicted molar refractivity (Wildman–Crippen MR) is 140 cm³/mol. The van der Waals surface area contributed by atoms with E-state index < -0.39 is 5.60 Å². The number of nitrogens with zero attached hydrogens (tertiary/aromatic N) is 3. The molecule has 3 rings (SSSR count). The number of aliphatic imine (C=N–C) groups is 1. The van der Waals surface area contributed by atoms with Crippen LogP contribution < -0.4 is 21.3 Å². The molecule has 1 aliphatic rings. The molecule has 1 amide bonds. The van der Waals surface area contributed by atoms with Gasteiger partial charge in [-0.2, -0.15) is 0 Å². The maximum Gasteiger partial charge on any atom is 0.220 e. The number of nitrogens with two attached hydrogens (primary N) is 1. The van der Waals surface area contributed by atoms with Crippen LogP contribution in [-0.2, 0) is 16.9 Å². The van der Waals surface area contributed by atoms with Crippen LogP contribution in [0.5, 0.6) is 0 Å². The summed E-state index contributed by atoms with van der Waals surface area (Å²) in [6.45, 7) is 6.83. The lowest BCUT2D eigenvalue weighted by atomic mass is 9.96. The van der Waals surface area contributed by atoms with Crippen molar-refractivity contribution in [2.45, 2.75) is 38.8 Å². The number of aliphatic hydroxyl groups is 1. The van der Waals surface area contributed by atoms with E-state index in [-0.39, 0.29) is 35.8 Å². The number of amides is 1. The minimum atomic E-state index is -0.978. The van der Waals surface area contributed by atoms with E-state index in [0.717, 1.165) is 42.2 Å². The van der Waals surface area contributed by atoms with Gasteiger partial charge in [-0.25, -0.2) is 9.98 Å². The molecule has 10 heteroatoms. The van der Waals surface area contributed by atoms with Crippen LogP contribution in [0.4, 0.5) is 5.82 Å². The highest BCUT2D eigenvalue weighted by atomic mass is 127. The molecule has 1 atom stereocenters. The van der Waals surface area contributed by atoms with Crippen LogP contribution in [0.2, 0.25) is 0 Å². The molecular weight excluding hydrogens is 539 g/mol. The third-order valence-electron chi connectivity index (χ3n) is 5.47. The lowest BCUT2D eigenvalue weighted by molar-refractivity contribution is -0.122. The first-order chi connectivity index (χ1) is 14.9. The molecule has 1 unspecified atom stereocenters. The van der Waals surface area contributed by atoms with Crippen LogP contribution in [0, 0.1) is 5.92 Å². The molecule has 1 saturated heterocycles. The Balaban J connectivity index is 0.00000363. The summed E-state index contributed by atoms with van der Waals surface area (Å²) in [5.41, 5.74) is 5.50. The average Bonchev–Trinajstić information content (AvgIpc) is 3.32. The average molecular weight is 573 g/mol. The summed E-state index contributed by atoms with van der Waals surface area (Å²) >= 11 is 1.53. The SMILES string of the molecule is CCNC(=NCc1cccnc1N1CCC(C(N)=O)CC1)NCC(C)(O)c1cccs1.I. The first kappa shape index (κ1) is 26.3. The molecular formula is C22H33IN6O2S. The van der Waals surface area contributed by atoms with Gasteiger partial charge >= 0.3 is 0 Å². The highest BCUT2D eigenvalue weighted by Crippen LogP contribution is 2.26. The number of nitrogens with one attached hydrogen (secondary N) is 2. The van der Waals surface area contributed by atoms with Crippen molar-refractivity contribution >= 4 is 53.0 Å². The highest BCUT2D eigenvalue weighted by Gasteiger charge is 2.26. The standard InChI is InChI=1S/C22H32N6O2S.HI/c1-3-24-21(27-15-22(2,30)18-7-5-13-31-18)26-14-17-6-4-10-25-20(17)28-11-8-16(9-12-28)19(23)29;/h4-7,10,13,16,30H,3,8-9,11-12,14-15H2,1-2H3,(H2,23,29)(H2,24,26,27);1H. The zero-order chi connectivity index (χ0) is 22.3. The third kappa shape index (κ3) is 7.04. The zero-order valence-electron chi connectivity index (χ0n) is 18.6. The lowest BCUT2D eigenvalue weighted by Crippen LogP contribution is -2.44. The van der Waals surface area contributed by atoms with Crippen molar-refractivity contribution in [2.75, 3.05) is 31.1 Å². The van der Waals surface area contributed by atoms with Crippen molar-refractivity contribution in [1.82, 2.24) is 15.6 Å². The second-order valence-corrected chi connectivity index (χ2v) is 8.90. The van der Waals surface area contributed by atoms with Gasteiger partial charge in [0.25, 0.3) is 0 Å². The van der Waals surface area contributed by atoms with Crippen LogP contribution in [0.3, 0.4) is 0 Å². The van der Waals surface area contributed by atoms with Gasteiger partial charge < -0.3 is 26.4 Å². The van der Waals surface area contributed by atoms with Crippen molar-refractivity contribution in [3.8, 4) is 0 Å². The molecule has 0 spiro atoms. The number of halogens is 1. The largest absolute Gasteiger partial charge is 0.383 e. The van der Waals surface area contributed by atoms with Crippen LogP contribution in [-0.4, -0.2) is 48.1 Å². The number of pyridine rings is 1. The van der Waals surface area contributed by atoms with Gasteiger partial charge in [-0.1, -0.05) is 12.1 Å². The quantitative estimate of drug-likeness (QED) is 0.220. The van der Waals surface area contributed by atoms with Gasteiger partial charge in [-0.15, -0.1) is 35.3 Å². The van der Waals surface area contributed by atoms with E-state index in [4.69, 9.17) is 10.7 Å². The van der Waals surface area contributed by atoms with Crippen molar-refractivity contribution in [2.24, 2.45) is 16.6 Å². The molecule has 2 aromatic rings. The topological polar surface area (TPSA) is 116 Å². The van der Waals surface area contributed by atoms with E-state index in [1.54, 1.807) is 13.1 Å². The molecule has 0 radical (unpaired) electrons. The molecule has 8 nitrogen and oxygen atoms in total. The van der Waals surface area contributed by atoms with Crippen molar-refractivity contribution in [1.29, 1.82) is 0 Å². The summed E-state index contributed by atoms with van der Waals surface area (Å²) in [7, 11) is 0. The Bertz CT molecular complexity index is 882. The lowest BCUT2D eigenvalue weighted by Gasteiger charge is -2.32. The molecule has 2 aromatic heterocycles. The number of carbonyl (C=O) groups is 1. The van der Waals surface area contributed by atoms with Gasteiger partial charge in [0.2, 0.25) is 5.91 Å². The Morgan fingerprint density at radius 2 is 2.09 bits per heavy atom. The smallest absolute Gasteiger partial charge is 0.220 e. The Labute approximate surface area is 210 Å². The van der Waals surface area contributed by atoms with Crippen LogP contribution >= 0.6 is 35.3 Å². The number of anilines is 1. The zero-order valence-corrected chi connectivity index (χ0v) is 21.7. The number of guanidine groups is 1. The second-order valence-electron chi connectivity index (χ2n) is 7.95. The van der Waals surface area contributed by atoms with Gasteiger partial charge in [0, 0.05) is 42.2 Å². The summed E-state index contributed by atoms with van der Waals surface area (Å²) < 4.78 is 0. The van der Waals surface area contributed by atoms with E-state index in [1.165, 1.54) is 11.3 Å². The van der Waals surface area contributed by atoms with E-state index in [0.29, 0.717) is 25.6 Å². The van der Waals surface area contributed by atoms with Gasteiger partial charge in [0.05, 0.1) is 13.1 Å². The summed E-state index contributed by atoms with van der Waals surface area (Å²) in [5, 5.41) is 19.2. The van der Waals surface area contributed by atoms with E-state index >= 15 is 0 Å². The van der Waals surface area contributed by atoms with Gasteiger partial charge in [0.1, 0.15) is 11.4 Å². The van der Waals surface area contributed by atoms with E-state index in [2.05, 4.69) is 20.5 Å². The highest BCUT2D eigenvalue weighted by molar-refractivity contribution is 14.0. The number of piperidine rings is 1. The number of aromatic nitrogens is 1. The minimum absolute atomic E-state index is 0. The molecule has 0 aromatic carbocycles. The fourth-order valence-electron chi connectivity index (χ4n) is 3.65. The first-order valence-electron chi connectivity index (χ1n) is 10.7. The fraction of sp³-hybridized carbons (Fsp3) is 0.500. The monoisotopic (exact) mass is 572 g/mol. The second kappa shape index (κ2) is 12.4. The van der Waals surface area contributed by atoms with Crippen molar-refractivity contribution in [3.63, 3.8) is 0 Å². The van der Waals surface area contributed by atoms with Crippen LogP contribution in [0.15, 0.2) is 40.8 Å². The number of hydrogen-bond acceptors (Lipinski definition) is 6. The minimum Gasteiger partial charge on any atom is -0.383 e. The molecule has 0 aliphatic carbocycles. The normalized spacial score (nSPS) is 16.7. The molecule has 0 bridgehead atoms. The van der Waals surface area contributed by atoms with Crippen molar-refractivity contribution < 1.29 is 9.90 Å². The number of primary amides is 1. The fourth-order valence-corrected chi connectivity index (χ4v) is 4.44. The summed E-state index contributed by atoms with van der Waals surface area (Å²) in [6, 6.07) is 7.80. The molecule has 1 aliphatic heterocycles. The number of thiophene rings is 1. The Hall–Kier alpha value is -1.92. The van der Waals surface area contributed by atoms with E-state index in [9.17, 15) is 9.90 Å². The molecule has 176 valence electrons. The number of carbonyl (C=O) groups excluding carboxylic acids is 1. The Morgan fingerprint density at radius 3 is 2.72 bits per heavy atom. The predicted octanol–water partition coefficient (Wildman–Crippen LogP) is 2.43. The molecule has 0 saturated carbocycles. The summed E-state index contributed by atoms with van der Waals surface area (Å²) in [6.07, 6.45) is 3.28. The van der Waals surface area contributed by atoms with Gasteiger partial charge in [0.15, 0.2) is 5.96 Å². The Morgan fingerprint density at radius 1 is 1.34 bits per heavy atom. The number of hydrogen-bond donors (Lipinski definition) is 4.